The summed E-state index contributed by atoms with van der Waals surface area (Å²) in [5.41, 5.74) is 1.62. The molecule has 3 heterocycles. The highest BCUT2D eigenvalue weighted by Crippen LogP contribution is 2.28. The van der Waals surface area contributed by atoms with E-state index in [0.29, 0.717) is 29.0 Å². The predicted octanol–water partition coefficient (Wildman–Crippen LogP) is 2.62. The quantitative estimate of drug-likeness (QED) is 0.940. The molecule has 2 aliphatic rings. The number of carbonyl (C=O) groups is 1. The number of benzene rings is 1. The SMILES string of the molecule is Cc1ccc(Oc2ccc(C(=O)NC3CN4CC[C@H]3C4)cc2)cn1. The third kappa shape index (κ3) is 3.12. The number of pyridine rings is 1. The Morgan fingerprint density at radius 3 is 2.58 bits per heavy atom. The fraction of sp³-hybridized carbons (Fsp3) is 0.368. The van der Waals surface area contributed by atoms with Crippen molar-refractivity contribution in [2.24, 2.45) is 5.92 Å². The number of hydrogen-bond donors (Lipinski definition) is 1. The molecule has 0 spiro atoms. The fourth-order valence-corrected chi connectivity index (χ4v) is 3.52. The summed E-state index contributed by atoms with van der Waals surface area (Å²) in [6.45, 7) is 5.22. The second kappa shape index (κ2) is 6.24. The van der Waals surface area contributed by atoms with Crippen LogP contribution in [0.4, 0.5) is 0 Å². The molecule has 0 aliphatic carbocycles. The van der Waals surface area contributed by atoms with Gasteiger partial charge >= 0.3 is 0 Å². The molecule has 2 bridgehead atoms. The number of rotatable bonds is 4. The van der Waals surface area contributed by atoms with Crippen LogP contribution in [-0.4, -0.2) is 41.5 Å². The van der Waals surface area contributed by atoms with Crippen LogP contribution in [0.5, 0.6) is 11.5 Å². The highest BCUT2D eigenvalue weighted by Gasteiger charge is 2.38. The van der Waals surface area contributed by atoms with E-state index < -0.39 is 0 Å². The standard InChI is InChI=1S/C19H21N3O2/c1-13-2-5-17(10-20-13)24-16-6-3-14(4-7-16)19(23)21-18-12-22-9-8-15(18)11-22/h2-7,10,15,18H,8-9,11-12H2,1H3,(H,21,23)/t15-,18?/m0/s1. The molecule has 2 fully saturated rings. The molecule has 2 aliphatic heterocycles. The lowest BCUT2D eigenvalue weighted by Crippen LogP contribution is -2.43. The van der Waals surface area contributed by atoms with Gasteiger partial charge in [-0.05, 0) is 62.2 Å². The molecule has 124 valence electrons. The third-order valence-electron chi connectivity index (χ3n) is 4.89. The van der Waals surface area contributed by atoms with Gasteiger partial charge in [-0.1, -0.05) is 0 Å². The maximum Gasteiger partial charge on any atom is 0.251 e. The number of nitrogens with one attached hydrogen (secondary N) is 1. The van der Waals surface area contributed by atoms with Crippen molar-refractivity contribution in [3.05, 3.63) is 53.9 Å². The number of hydrogen-bond acceptors (Lipinski definition) is 4. The summed E-state index contributed by atoms with van der Waals surface area (Å²) >= 11 is 0. The van der Waals surface area contributed by atoms with Crippen molar-refractivity contribution in [3.63, 3.8) is 0 Å². The Morgan fingerprint density at radius 1 is 1.17 bits per heavy atom. The van der Waals surface area contributed by atoms with Crippen LogP contribution in [0.2, 0.25) is 0 Å². The van der Waals surface area contributed by atoms with Crippen molar-refractivity contribution in [2.75, 3.05) is 19.6 Å². The van der Waals surface area contributed by atoms with Crippen LogP contribution in [0.3, 0.4) is 0 Å². The van der Waals surface area contributed by atoms with Gasteiger partial charge in [-0.3, -0.25) is 9.78 Å². The monoisotopic (exact) mass is 323 g/mol. The lowest BCUT2D eigenvalue weighted by Gasteiger charge is -2.23. The Balaban J connectivity index is 1.38. The normalized spacial score (nSPS) is 24.8. The molecule has 2 saturated heterocycles. The molecular weight excluding hydrogens is 302 g/mol. The number of carbonyl (C=O) groups excluding carboxylic acids is 1. The van der Waals surface area contributed by atoms with E-state index in [-0.39, 0.29) is 5.91 Å². The summed E-state index contributed by atoms with van der Waals surface area (Å²) in [5.74, 6) is 2.00. The summed E-state index contributed by atoms with van der Waals surface area (Å²) in [4.78, 5) is 19.0. The molecule has 0 radical (unpaired) electrons. The molecule has 3 atom stereocenters. The van der Waals surface area contributed by atoms with Crippen LogP contribution in [0.15, 0.2) is 42.6 Å². The van der Waals surface area contributed by atoms with Crippen LogP contribution >= 0.6 is 0 Å². The highest BCUT2D eigenvalue weighted by molar-refractivity contribution is 5.94. The van der Waals surface area contributed by atoms with Gasteiger partial charge in [0.2, 0.25) is 0 Å². The van der Waals surface area contributed by atoms with E-state index in [2.05, 4.69) is 15.2 Å². The van der Waals surface area contributed by atoms with Crippen LogP contribution in [-0.2, 0) is 0 Å². The number of ether oxygens (including phenoxy) is 1. The predicted molar refractivity (Wildman–Crippen MR) is 91.3 cm³/mol. The van der Waals surface area contributed by atoms with Crippen LogP contribution in [0.1, 0.15) is 22.5 Å². The lowest BCUT2D eigenvalue weighted by molar-refractivity contribution is 0.0924. The average molecular weight is 323 g/mol. The molecule has 2 aromatic rings. The van der Waals surface area contributed by atoms with Gasteiger partial charge in [0.1, 0.15) is 11.5 Å². The molecule has 5 heteroatoms. The van der Waals surface area contributed by atoms with Gasteiger partial charge in [0.05, 0.1) is 6.20 Å². The molecule has 1 aromatic heterocycles. The topological polar surface area (TPSA) is 54.5 Å². The fourth-order valence-electron chi connectivity index (χ4n) is 3.52. The summed E-state index contributed by atoms with van der Waals surface area (Å²) in [5, 5.41) is 3.17. The van der Waals surface area contributed by atoms with Crippen molar-refractivity contribution in [3.8, 4) is 11.5 Å². The largest absolute Gasteiger partial charge is 0.456 e. The zero-order chi connectivity index (χ0) is 16.5. The van der Waals surface area contributed by atoms with E-state index in [1.54, 1.807) is 18.3 Å². The Bertz CT molecular complexity index is 727. The zero-order valence-electron chi connectivity index (χ0n) is 13.7. The van der Waals surface area contributed by atoms with Crippen molar-refractivity contribution in [1.29, 1.82) is 0 Å². The Hall–Kier alpha value is -2.40. The van der Waals surface area contributed by atoms with Crippen LogP contribution in [0.25, 0.3) is 0 Å². The van der Waals surface area contributed by atoms with E-state index >= 15 is 0 Å². The van der Waals surface area contributed by atoms with Gasteiger partial charge in [-0.15, -0.1) is 0 Å². The van der Waals surface area contributed by atoms with Gasteiger partial charge in [-0.2, -0.15) is 0 Å². The molecule has 1 amide bonds. The molecule has 1 aromatic carbocycles. The molecule has 1 N–H and O–H groups in total. The second-order valence-electron chi connectivity index (χ2n) is 6.65. The first kappa shape index (κ1) is 15.1. The van der Waals surface area contributed by atoms with Gasteiger partial charge in [0, 0.05) is 30.4 Å². The summed E-state index contributed by atoms with van der Waals surface area (Å²) in [6.07, 6.45) is 2.89. The number of piperidine rings is 1. The van der Waals surface area contributed by atoms with Crippen molar-refractivity contribution >= 4 is 5.91 Å². The van der Waals surface area contributed by atoms with E-state index in [4.69, 9.17) is 4.74 Å². The minimum atomic E-state index is -0.00250. The van der Waals surface area contributed by atoms with Gasteiger partial charge in [0.15, 0.2) is 0 Å². The smallest absolute Gasteiger partial charge is 0.251 e. The molecule has 0 saturated carbocycles. The first-order chi connectivity index (χ1) is 11.7. The summed E-state index contributed by atoms with van der Waals surface area (Å²) in [7, 11) is 0. The summed E-state index contributed by atoms with van der Waals surface area (Å²) < 4.78 is 5.74. The zero-order valence-corrected chi connectivity index (χ0v) is 13.7. The van der Waals surface area contributed by atoms with Crippen LogP contribution in [0, 0.1) is 12.8 Å². The maximum absolute atomic E-state index is 12.4. The second-order valence-corrected chi connectivity index (χ2v) is 6.65. The Labute approximate surface area is 141 Å². The first-order valence-corrected chi connectivity index (χ1v) is 8.41. The highest BCUT2D eigenvalue weighted by atomic mass is 16.5. The average Bonchev–Trinajstić information content (AvgIpc) is 3.20. The Morgan fingerprint density at radius 2 is 1.96 bits per heavy atom. The van der Waals surface area contributed by atoms with Gasteiger partial charge in [0.25, 0.3) is 5.91 Å². The van der Waals surface area contributed by atoms with Crippen molar-refractivity contribution in [2.45, 2.75) is 19.4 Å². The molecule has 5 nitrogen and oxygen atoms in total. The lowest BCUT2D eigenvalue weighted by atomic mass is 9.99. The first-order valence-electron chi connectivity index (χ1n) is 8.41. The molecule has 24 heavy (non-hydrogen) atoms. The van der Waals surface area contributed by atoms with E-state index in [1.807, 2.05) is 31.2 Å². The molecular formula is C19H21N3O2. The minimum Gasteiger partial charge on any atom is -0.456 e. The van der Waals surface area contributed by atoms with Crippen LogP contribution < -0.4 is 10.1 Å². The number of nitrogens with zero attached hydrogens (tertiary/aromatic N) is 2. The minimum absolute atomic E-state index is 0.00250. The van der Waals surface area contributed by atoms with Crippen molar-refractivity contribution in [1.82, 2.24) is 15.2 Å². The Kier molecular flexibility index (Phi) is 3.94. The van der Waals surface area contributed by atoms with E-state index in [0.717, 1.165) is 18.8 Å². The number of aromatic nitrogens is 1. The maximum atomic E-state index is 12.4. The molecule has 2 unspecified atom stereocenters. The van der Waals surface area contributed by atoms with Gasteiger partial charge < -0.3 is 15.0 Å². The molecule has 4 rings (SSSR count). The van der Waals surface area contributed by atoms with E-state index in [1.165, 1.54) is 13.0 Å². The third-order valence-corrected chi connectivity index (χ3v) is 4.89. The van der Waals surface area contributed by atoms with Gasteiger partial charge in [-0.25, -0.2) is 0 Å². The van der Waals surface area contributed by atoms with E-state index in [9.17, 15) is 4.79 Å². The summed E-state index contributed by atoms with van der Waals surface area (Å²) in [6, 6.07) is 11.3. The number of fused-ring (bicyclic) bond motifs is 2. The number of aryl methyl sites for hydroxylation is 1. The number of amides is 1. The van der Waals surface area contributed by atoms with Crippen molar-refractivity contribution < 1.29 is 9.53 Å².